The van der Waals surface area contributed by atoms with Gasteiger partial charge >= 0.3 is 0 Å². The Morgan fingerprint density at radius 1 is 1.44 bits per heavy atom. The number of hydrogen-bond donors (Lipinski definition) is 2. The maximum absolute atomic E-state index is 13.4. The largest absolute Gasteiger partial charge is 0.395 e. The molecule has 0 unspecified atom stereocenters. The Morgan fingerprint density at radius 2 is 2.17 bits per heavy atom. The predicted molar refractivity (Wildman–Crippen MR) is 74.9 cm³/mol. The fraction of sp³-hybridized carbons (Fsp3) is 0.462. The second-order valence-electron chi connectivity index (χ2n) is 4.18. The van der Waals surface area contributed by atoms with Gasteiger partial charge in [-0.2, -0.15) is 0 Å². The van der Waals surface area contributed by atoms with Crippen molar-refractivity contribution in [1.82, 2.24) is 4.90 Å². The summed E-state index contributed by atoms with van der Waals surface area (Å²) in [7, 11) is 0. The van der Waals surface area contributed by atoms with Crippen molar-refractivity contribution in [3.8, 4) is 0 Å². The molecule has 5 heteroatoms. The van der Waals surface area contributed by atoms with Crippen LogP contribution in [0.5, 0.6) is 0 Å². The fourth-order valence-corrected chi connectivity index (χ4v) is 2.00. The molecule has 0 aliphatic heterocycles. The van der Waals surface area contributed by atoms with Crippen LogP contribution in [-0.2, 0) is 6.54 Å². The molecule has 3 N–H and O–H groups in total. The van der Waals surface area contributed by atoms with Crippen molar-refractivity contribution in [1.29, 1.82) is 0 Å². The first-order valence-electron chi connectivity index (χ1n) is 6.00. The highest BCUT2D eigenvalue weighted by molar-refractivity contribution is 7.80. The zero-order valence-electron chi connectivity index (χ0n) is 10.5. The van der Waals surface area contributed by atoms with E-state index in [9.17, 15) is 4.39 Å². The molecule has 0 amide bonds. The van der Waals surface area contributed by atoms with E-state index in [4.69, 9.17) is 23.1 Å². The predicted octanol–water partition coefficient (Wildman–Crippen LogP) is 1.66. The van der Waals surface area contributed by atoms with Gasteiger partial charge in [-0.15, -0.1) is 0 Å². The lowest BCUT2D eigenvalue weighted by Crippen LogP contribution is -2.27. The van der Waals surface area contributed by atoms with E-state index in [-0.39, 0.29) is 17.2 Å². The van der Waals surface area contributed by atoms with E-state index in [1.54, 1.807) is 12.1 Å². The molecule has 100 valence electrons. The van der Waals surface area contributed by atoms with E-state index in [1.165, 1.54) is 6.07 Å². The Hall–Kier alpha value is -1.04. The first-order valence-corrected chi connectivity index (χ1v) is 6.40. The zero-order chi connectivity index (χ0) is 13.5. The van der Waals surface area contributed by atoms with Crippen molar-refractivity contribution in [2.45, 2.75) is 19.9 Å². The number of thiocarbonyl (C=S) groups is 1. The lowest BCUT2D eigenvalue weighted by molar-refractivity contribution is 0.190. The van der Waals surface area contributed by atoms with Crippen LogP contribution >= 0.6 is 12.2 Å². The van der Waals surface area contributed by atoms with Crippen LogP contribution in [0.1, 0.15) is 24.5 Å². The molecular weight excluding hydrogens is 251 g/mol. The Labute approximate surface area is 112 Å². The van der Waals surface area contributed by atoms with Crippen LogP contribution in [0.3, 0.4) is 0 Å². The van der Waals surface area contributed by atoms with Gasteiger partial charge in [0.2, 0.25) is 0 Å². The highest BCUT2D eigenvalue weighted by atomic mass is 32.1. The topological polar surface area (TPSA) is 49.5 Å². The molecule has 0 saturated carbocycles. The number of rotatable bonds is 7. The van der Waals surface area contributed by atoms with E-state index in [2.05, 4.69) is 11.8 Å². The van der Waals surface area contributed by atoms with Crippen LogP contribution in [0.15, 0.2) is 18.2 Å². The van der Waals surface area contributed by atoms with E-state index in [1.807, 2.05) is 0 Å². The van der Waals surface area contributed by atoms with Gasteiger partial charge in [0.05, 0.1) is 6.61 Å². The zero-order valence-corrected chi connectivity index (χ0v) is 11.3. The van der Waals surface area contributed by atoms with E-state index in [0.717, 1.165) is 18.5 Å². The standard InChI is InChI=1S/C13H19FN2OS/c1-2-5-16(6-7-17)9-10-3-4-12(14)11(8-10)13(15)18/h3-4,8,17H,2,5-7,9H2,1H3,(H2,15,18). The van der Waals surface area contributed by atoms with Crippen LogP contribution in [-0.4, -0.2) is 34.7 Å². The molecule has 0 radical (unpaired) electrons. The minimum atomic E-state index is -0.393. The van der Waals surface area contributed by atoms with E-state index in [0.29, 0.717) is 13.1 Å². The summed E-state index contributed by atoms with van der Waals surface area (Å²) in [4.78, 5) is 2.18. The molecule has 0 aliphatic carbocycles. The van der Waals surface area contributed by atoms with E-state index >= 15 is 0 Å². The average molecular weight is 270 g/mol. The Balaban J connectivity index is 2.82. The molecule has 0 heterocycles. The first-order chi connectivity index (χ1) is 8.58. The highest BCUT2D eigenvalue weighted by Gasteiger charge is 2.09. The molecule has 0 aromatic heterocycles. The van der Waals surface area contributed by atoms with Gasteiger partial charge in [-0.1, -0.05) is 25.2 Å². The third-order valence-corrected chi connectivity index (χ3v) is 2.88. The summed E-state index contributed by atoms with van der Waals surface area (Å²) in [5, 5.41) is 8.99. The van der Waals surface area contributed by atoms with Crippen molar-refractivity contribution < 1.29 is 9.50 Å². The summed E-state index contributed by atoms with van der Waals surface area (Å²) >= 11 is 4.81. The van der Waals surface area contributed by atoms with Crippen LogP contribution in [0.25, 0.3) is 0 Å². The molecule has 1 aromatic rings. The molecule has 0 spiro atoms. The van der Waals surface area contributed by atoms with E-state index < -0.39 is 5.82 Å². The molecule has 0 atom stereocenters. The summed E-state index contributed by atoms with van der Waals surface area (Å²) in [6, 6.07) is 4.78. The van der Waals surface area contributed by atoms with Crippen LogP contribution < -0.4 is 5.73 Å². The molecule has 3 nitrogen and oxygen atoms in total. The Kier molecular flexibility index (Phi) is 6.18. The monoisotopic (exact) mass is 270 g/mol. The van der Waals surface area contributed by atoms with Gasteiger partial charge < -0.3 is 10.8 Å². The van der Waals surface area contributed by atoms with Gasteiger partial charge in [-0.3, -0.25) is 4.90 Å². The molecule has 18 heavy (non-hydrogen) atoms. The van der Waals surface area contributed by atoms with Gasteiger partial charge in [0, 0.05) is 18.7 Å². The summed E-state index contributed by atoms with van der Waals surface area (Å²) in [6.45, 7) is 4.34. The highest BCUT2D eigenvalue weighted by Crippen LogP contribution is 2.13. The Morgan fingerprint density at radius 3 is 2.72 bits per heavy atom. The van der Waals surface area contributed by atoms with Gasteiger partial charge in [0.25, 0.3) is 0 Å². The van der Waals surface area contributed by atoms with Gasteiger partial charge in [-0.05, 0) is 30.7 Å². The normalized spacial score (nSPS) is 10.9. The maximum Gasteiger partial charge on any atom is 0.133 e. The average Bonchev–Trinajstić information content (AvgIpc) is 2.32. The van der Waals surface area contributed by atoms with Crippen molar-refractivity contribution >= 4 is 17.2 Å². The van der Waals surface area contributed by atoms with Crippen molar-refractivity contribution in [2.75, 3.05) is 19.7 Å². The SMILES string of the molecule is CCCN(CCO)Cc1ccc(F)c(C(N)=S)c1. The lowest BCUT2D eigenvalue weighted by atomic mass is 10.1. The molecule has 0 fully saturated rings. The molecule has 1 rings (SSSR count). The third kappa shape index (κ3) is 4.33. The second kappa shape index (κ2) is 7.41. The van der Waals surface area contributed by atoms with Gasteiger partial charge in [0.1, 0.15) is 10.8 Å². The smallest absolute Gasteiger partial charge is 0.133 e. The first kappa shape index (κ1) is 15.0. The number of nitrogens with two attached hydrogens (primary N) is 1. The third-order valence-electron chi connectivity index (χ3n) is 2.66. The number of hydrogen-bond acceptors (Lipinski definition) is 3. The summed E-state index contributed by atoms with van der Waals surface area (Å²) in [5.74, 6) is -0.393. The molecule has 0 saturated heterocycles. The van der Waals surface area contributed by atoms with Gasteiger partial charge in [-0.25, -0.2) is 4.39 Å². The maximum atomic E-state index is 13.4. The molecular formula is C13H19FN2OS. The van der Waals surface area contributed by atoms with Crippen molar-refractivity contribution in [3.05, 3.63) is 35.1 Å². The number of halogens is 1. The van der Waals surface area contributed by atoms with Crippen LogP contribution in [0.4, 0.5) is 4.39 Å². The minimum absolute atomic E-state index is 0.0681. The fourth-order valence-electron chi connectivity index (χ4n) is 1.85. The second-order valence-corrected chi connectivity index (χ2v) is 4.62. The Bertz CT molecular complexity index is 406. The number of benzene rings is 1. The number of nitrogens with zero attached hydrogens (tertiary/aromatic N) is 1. The summed E-state index contributed by atoms with van der Waals surface area (Å²) in [6.07, 6.45) is 1.00. The molecule has 0 bridgehead atoms. The van der Waals surface area contributed by atoms with Crippen molar-refractivity contribution in [3.63, 3.8) is 0 Å². The molecule has 1 aromatic carbocycles. The van der Waals surface area contributed by atoms with Crippen molar-refractivity contribution in [2.24, 2.45) is 5.73 Å². The van der Waals surface area contributed by atoms with Gasteiger partial charge in [0.15, 0.2) is 0 Å². The summed E-state index contributed by atoms with van der Waals surface area (Å²) in [5.41, 5.74) is 6.70. The molecule has 0 aliphatic rings. The lowest BCUT2D eigenvalue weighted by Gasteiger charge is -2.20. The number of aliphatic hydroxyl groups excluding tert-OH is 1. The minimum Gasteiger partial charge on any atom is -0.395 e. The van der Waals surface area contributed by atoms with Crippen LogP contribution in [0, 0.1) is 5.82 Å². The number of aliphatic hydroxyl groups is 1. The van der Waals surface area contributed by atoms with Crippen LogP contribution in [0.2, 0.25) is 0 Å². The quantitative estimate of drug-likeness (QED) is 0.740. The summed E-state index contributed by atoms with van der Waals surface area (Å²) < 4.78 is 13.4.